The molecule has 3 rings (SSSR count). The number of halogens is 1. The number of amides is 1. The molecular formula is C17H13BrN2OS. The van der Waals surface area contributed by atoms with Crippen molar-refractivity contribution in [2.75, 3.05) is 5.32 Å². The monoisotopic (exact) mass is 372 g/mol. The first kappa shape index (κ1) is 14.9. The van der Waals surface area contributed by atoms with E-state index < -0.39 is 0 Å². The van der Waals surface area contributed by atoms with Crippen molar-refractivity contribution in [3.63, 3.8) is 0 Å². The van der Waals surface area contributed by atoms with E-state index in [9.17, 15) is 4.79 Å². The molecule has 0 aliphatic carbocycles. The van der Waals surface area contributed by atoms with Gasteiger partial charge < -0.3 is 0 Å². The fourth-order valence-electron chi connectivity index (χ4n) is 2.04. The normalized spacial score (nSPS) is 10.4. The van der Waals surface area contributed by atoms with Crippen LogP contribution in [0.5, 0.6) is 0 Å². The number of hydrogen-bond donors (Lipinski definition) is 1. The summed E-state index contributed by atoms with van der Waals surface area (Å²) in [5.41, 5.74) is 1.84. The number of carbonyl (C=O) groups excluding carboxylic acids is 1. The minimum atomic E-state index is -0.151. The predicted molar refractivity (Wildman–Crippen MR) is 93.5 cm³/mol. The maximum absolute atomic E-state index is 12.2. The van der Waals surface area contributed by atoms with Crippen LogP contribution in [-0.4, -0.2) is 10.9 Å². The number of nitrogens with zero attached hydrogens (tertiary/aromatic N) is 1. The molecule has 3 nitrogen and oxygen atoms in total. The van der Waals surface area contributed by atoms with E-state index in [-0.39, 0.29) is 5.91 Å². The molecule has 0 aliphatic rings. The number of thiazole rings is 1. The standard InChI is InChI=1S/C17H13BrN2OS/c18-14-8-4-7-13(10-14)16(21)20-17-19-11-15(22-17)9-12-5-2-1-3-6-12/h1-8,10-11H,9H2,(H,19,20,21). The van der Waals surface area contributed by atoms with Crippen molar-refractivity contribution in [1.82, 2.24) is 4.98 Å². The zero-order valence-electron chi connectivity index (χ0n) is 11.6. The molecule has 0 aliphatic heterocycles. The van der Waals surface area contributed by atoms with Gasteiger partial charge in [0.25, 0.3) is 5.91 Å². The number of anilines is 1. The van der Waals surface area contributed by atoms with Crippen molar-refractivity contribution in [2.45, 2.75) is 6.42 Å². The van der Waals surface area contributed by atoms with Crippen LogP contribution in [0.25, 0.3) is 0 Å². The lowest BCUT2D eigenvalue weighted by Crippen LogP contribution is -2.11. The van der Waals surface area contributed by atoms with Gasteiger partial charge in [-0.25, -0.2) is 4.98 Å². The molecule has 110 valence electrons. The van der Waals surface area contributed by atoms with Crippen LogP contribution in [0.15, 0.2) is 65.3 Å². The molecule has 1 amide bonds. The molecule has 3 aromatic rings. The van der Waals surface area contributed by atoms with E-state index in [1.165, 1.54) is 16.9 Å². The Morgan fingerprint density at radius 3 is 2.73 bits per heavy atom. The molecule has 22 heavy (non-hydrogen) atoms. The molecule has 0 radical (unpaired) electrons. The Kier molecular flexibility index (Phi) is 4.65. The Morgan fingerprint density at radius 2 is 1.95 bits per heavy atom. The Labute approximate surface area is 141 Å². The number of rotatable bonds is 4. The third kappa shape index (κ3) is 3.81. The third-order valence-corrected chi connectivity index (χ3v) is 4.49. The van der Waals surface area contributed by atoms with E-state index in [1.807, 2.05) is 36.5 Å². The van der Waals surface area contributed by atoms with Gasteiger partial charge in [0.1, 0.15) is 0 Å². The molecule has 5 heteroatoms. The average Bonchev–Trinajstić information content (AvgIpc) is 2.95. The van der Waals surface area contributed by atoms with Gasteiger partial charge in [-0.3, -0.25) is 10.1 Å². The van der Waals surface area contributed by atoms with Crippen LogP contribution >= 0.6 is 27.3 Å². The lowest BCUT2D eigenvalue weighted by molar-refractivity contribution is 0.102. The Hall–Kier alpha value is -1.98. The first-order valence-electron chi connectivity index (χ1n) is 6.76. The molecule has 2 aromatic carbocycles. The van der Waals surface area contributed by atoms with Crippen molar-refractivity contribution in [1.29, 1.82) is 0 Å². The highest BCUT2D eigenvalue weighted by molar-refractivity contribution is 9.10. The van der Waals surface area contributed by atoms with Crippen molar-refractivity contribution >= 4 is 38.3 Å². The zero-order valence-corrected chi connectivity index (χ0v) is 14.0. The largest absolute Gasteiger partial charge is 0.298 e. The van der Waals surface area contributed by atoms with E-state index in [4.69, 9.17) is 0 Å². The van der Waals surface area contributed by atoms with E-state index in [2.05, 4.69) is 38.4 Å². The number of aromatic nitrogens is 1. The number of carbonyl (C=O) groups is 1. The minimum absolute atomic E-state index is 0.151. The maximum Gasteiger partial charge on any atom is 0.257 e. The highest BCUT2D eigenvalue weighted by atomic mass is 79.9. The summed E-state index contributed by atoms with van der Waals surface area (Å²) in [5, 5.41) is 3.46. The van der Waals surface area contributed by atoms with Gasteiger partial charge in [-0.2, -0.15) is 0 Å². The maximum atomic E-state index is 12.2. The minimum Gasteiger partial charge on any atom is -0.298 e. The second-order valence-electron chi connectivity index (χ2n) is 4.76. The lowest BCUT2D eigenvalue weighted by Gasteiger charge is -2.02. The van der Waals surface area contributed by atoms with Crippen LogP contribution in [0, 0.1) is 0 Å². The van der Waals surface area contributed by atoms with Crippen molar-refractivity contribution in [3.8, 4) is 0 Å². The summed E-state index contributed by atoms with van der Waals surface area (Å²) < 4.78 is 0.879. The summed E-state index contributed by atoms with van der Waals surface area (Å²) in [6.45, 7) is 0. The fraction of sp³-hybridized carbons (Fsp3) is 0.0588. The molecule has 0 saturated carbocycles. The Morgan fingerprint density at radius 1 is 1.14 bits per heavy atom. The van der Waals surface area contributed by atoms with Gasteiger partial charge in [0.05, 0.1) is 0 Å². The third-order valence-electron chi connectivity index (χ3n) is 3.08. The summed E-state index contributed by atoms with van der Waals surface area (Å²) in [5.74, 6) is -0.151. The molecule has 0 atom stereocenters. The average molecular weight is 373 g/mol. The van der Waals surface area contributed by atoms with Gasteiger partial charge in [0.15, 0.2) is 5.13 Å². The zero-order chi connectivity index (χ0) is 15.4. The first-order valence-corrected chi connectivity index (χ1v) is 8.37. The summed E-state index contributed by atoms with van der Waals surface area (Å²) in [6, 6.07) is 17.5. The van der Waals surface area contributed by atoms with Crippen LogP contribution < -0.4 is 5.32 Å². The molecule has 0 saturated heterocycles. The van der Waals surface area contributed by atoms with Gasteiger partial charge in [-0.05, 0) is 23.8 Å². The highest BCUT2D eigenvalue weighted by Gasteiger charge is 2.09. The molecule has 0 unspecified atom stereocenters. The number of benzene rings is 2. The molecule has 0 bridgehead atoms. The summed E-state index contributed by atoms with van der Waals surface area (Å²) in [6.07, 6.45) is 2.64. The van der Waals surface area contributed by atoms with E-state index >= 15 is 0 Å². The van der Waals surface area contributed by atoms with Crippen LogP contribution in [0.2, 0.25) is 0 Å². The number of nitrogens with one attached hydrogen (secondary N) is 1. The van der Waals surface area contributed by atoms with Crippen LogP contribution in [0.4, 0.5) is 5.13 Å². The second kappa shape index (κ2) is 6.85. The van der Waals surface area contributed by atoms with Gasteiger partial charge in [0, 0.05) is 27.5 Å². The van der Waals surface area contributed by atoms with Crippen LogP contribution in [0.3, 0.4) is 0 Å². The molecule has 1 N–H and O–H groups in total. The fourth-order valence-corrected chi connectivity index (χ4v) is 3.28. The molecule has 0 spiro atoms. The predicted octanol–water partition coefficient (Wildman–Crippen LogP) is 4.75. The molecule has 0 fully saturated rings. The van der Waals surface area contributed by atoms with Gasteiger partial charge in [-0.15, -0.1) is 11.3 Å². The van der Waals surface area contributed by atoms with E-state index in [0.717, 1.165) is 15.8 Å². The van der Waals surface area contributed by atoms with Crippen LogP contribution in [-0.2, 0) is 6.42 Å². The quantitative estimate of drug-likeness (QED) is 0.717. The van der Waals surface area contributed by atoms with Crippen molar-refractivity contribution in [3.05, 3.63) is 81.3 Å². The van der Waals surface area contributed by atoms with Crippen molar-refractivity contribution < 1.29 is 4.79 Å². The lowest BCUT2D eigenvalue weighted by atomic mass is 10.1. The van der Waals surface area contributed by atoms with Crippen LogP contribution in [0.1, 0.15) is 20.8 Å². The first-order chi connectivity index (χ1) is 10.7. The molecule has 1 heterocycles. The molecule has 1 aromatic heterocycles. The highest BCUT2D eigenvalue weighted by Crippen LogP contribution is 2.22. The van der Waals surface area contributed by atoms with Gasteiger partial charge in [0.2, 0.25) is 0 Å². The number of hydrogen-bond acceptors (Lipinski definition) is 3. The smallest absolute Gasteiger partial charge is 0.257 e. The van der Waals surface area contributed by atoms with E-state index in [0.29, 0.717) is 10.7 Å². The van der Waals surface area contributed by atoms with Gasteiger partial charge in [-0.1, -0.05) is 52.3 Å². The summed E-state index contributed by atoms with van der Waals surface area (Å²) in [4.78, 5) is 17.6. The molecular weight excluding hydrogens is 360 g/mol. The van der Waals surface area contributed by atoms with Crippen molar-refractivity contribution in [2.24, 2.45) is 0 Å². The Balaban J connectivity index is 1.68. The van der Waals surface area contributed by atoms with E-state index in [1.54, 1.807) is 12.1 Å². The topological polar surface area (TPSA) is 42.0 Å². The summed E-state index contributed by atoms with van der Waals surface area (Å²) in [7, 11) is 0. The van der Waals surface area contributed by atoms with Gasteiger partial charge >= 0.3 is 0 Å². The summed E-state index contributed by atoms with van der Waals surface area (Å²) >= 11 is 4.86. The Bertz CT molecular complexity index is 786. The second-order valence-corrected chi connectivity index (χ2v) is 6.79. The SMILES string of the molecule is O=C(Nc1ncc(Cc2ccccc2)s1)c1cccc(Br)c1.